The van der Waals surface area contributed by atoms with Gasteiger partial charge in [-0.2, -0.15) is 0 Å². The molecule has 8 heteroatoms. The van der Waals surface area contributed by atoms with Crippen LogP contribution in [-0.2, 0) is 28.8 Å². The summed E-state index contributed by atoms with van der Waals surface area (Å²) in [4.78, 5) is 29.8. The highest BCUT2D eigenvalue weighted by Gasteiger charge is 2.51. The quantitative estimate of drug-likeness (QED) is 0.210. The molecule has 1 amide bonds. The number of unbranched alkanes of at least 4 members (excludes halogenated alkanes) is 1. The average Bonchev–Trinajstić information content (AvgIpc) is 3.70. The van der Waals surface area contributed by atoms with Crippen LogP contribution in [0.2, 0.25) is 0 Å². The third-order valence-electron chi connectivity index (χ3n) is 7.98. The number of thioether (sulfide) groups is 1. The summed E-state index contributed by atoms with van der Waals surface area (Å²) >= 11 is 1.74. The average molecular weight is 549 g/mol. The van der Waals surface area contributed by atoms with Crippen molar-refractivity contribution in [2.45, 2.75) is 74.4 Å². The maximum Gasteiger partial charge on any atom is 0.303 e. The van der Waals surface area contributed by atoms with Crippen LogP contribution in [0.5, 0.6) is 0 Å². The van der Waals surface area contributed by atoms with Crippen LogP contribution in [0.3, 0.4) is 0 Å². The predicted molar refractivity (Wildman–Crippen MR) is 150 cm³/mol. The van der Waals surface area contributed by atoms with Gasteiger partial charge in [-0.1, -0.05) is 36.4 Å². The molecule has 2 N–H and O–H groups in total. The van der Waals surface area contributed by atoms with Gasteiger partial charge in [0.1, 0.15) is 6.26 Å². The number of aliphatic carboxylic acids is 1. The Kier molecular flexibility index (Phi) is 9.04. The lowest BCUT2D eigenvalue weighted by Crippen LogP contribution is -2.28. The van der Waals surface area contributed by atoms with E-state index in [1.165, 1.54) is 16.7 Å². The number of carbonyl (C=O) groups is 2. The first-order valence-electron chi connectivity index (χ1n) is 13.8. The monoisotopic (exact) mass is 548 g/mol. The predicted octanol–water partition coefficient (Wildman–Crippen LogP) is 5.67. The largest absolute Gasteiger partial charge is 0.481 e. The van der Waals surface area contributed by atoms with E-state index in [2.05, 4.69) is 46.9 Å². The lowest BCUT2D eigenvalue weighted by atomic mass is 9.75. The Morgan fingerprint density at radius 1 is 1.03 bits per heavy atom. The molecule has 2 aliphatic heterocycles. The Labute approximate surface area is 233 Å². The number of benzene rings is 2. The van der Waals surface area contributed by atoms with Gasteiger partial charge in [0.2, 0.25) is 5.89 Å². The fraction of sp³-hybridized carbons (Fsp3) is 0.452. The molecule has 0 unspecified atom stereocenters. The molecule has 39 heavy (non-hydrogen) atoms. The molecule has 3 heterocycles. The van der Waals surface area contributed by atoms with Crippen molar-refractivity contribution in [2.75, 3.05) is 12.8 Å². The molecule has 5 rings (SSSR count). The number of fused-ring (bicyclic) bond motifs is 2. The fourth-order valence-corrected chi connectivity index (χ4v) is 6.36. The van der Waals surface area contributed by atoms with Crippen molar-refractivity contribution >= 4 is 23.6 Å². The highest BCUT2D eigenvalue weighted by molar-refractivity contribution is 7.98. The molecule has 0 spiro atoms. The summed E-state index contributed by atoms with van der Waals surface area (Å²) in [6.07, 6.45) is 9.91. The molecule has 2 saturated heterocycles. The summed E-state index contributed by atoms with van der Waals surface area (Å²) in [5.74, 6) is -0.287. The Morgan fingerprint density at radius 3 is 2.56 bits per heavy atom. The number of carboxylic acids is 1. The first kappa shape index (κ1) is 27.5. The topological polar surface area (TPSA) is 102 Å². The van der Waals surface area contributed by atoms with Gasteiger partial charge in [-0.05, 0) is 80.0 Å². The van der Waals surface area contributed by atoms with Crippen molar-refractivity contribution in [2.24, 2.45) is 5.92 Å². The minimum absolute atomic E-state index is 0.0182. The van der Waals surface area contributed by atoms with E-state index in [-0.39, 0.29) is 36.4 Å². The van der Waals surface area contributed by atoms with E-state index in [0.717, 1.165) is 49.7 Å². The minimum Gasteiger partial charge on any atom is -0.481 e. The SMILES string of the molecule is CSc1ccc(CCCCNC(=O)c2coc([C@H]3[C@@H](Cc4ccccc4CCC(=O)O)[C@@H]4CC[C@H]3O4)n2)cc1. The number of nitrogens with zero attached hydrogens (tertiary/aromatic N) is 1. The lowest BCUT2D eigenvalue weighted by Gasteiger charge is -2.26. The molecule has 0 radical (unpaired) electrons. The Hall–Kier alpha value is -3.10. The van der Waals surface area contributed by atoms with Gasteiger partial charge >= 0.3 is 5.97 Å². The molecule has 2 aliphatic rings. The van der Waals surface area contributed by atoms with Crippen LogP contribution in [0, 0.1) is 5.92 Å². The summed E-state index contributed by atoms with van der Waals surface area (Å²) in [7, 11) is 0. The van der Waals surface area contributed by atoms with Crippen LogP contribution in [0.25, 0.3) is 0 Å². The second-order valence-electron chi connectivity index (χ2n) is 10.5. The van der Waals surface area contributed by atoms with Crippen molar-refractivity contribution in [3.05, 3.63) is 83.1 Å². The zero-order valence-corrected chi connectivity index (χ0v) is 23.1. The van der Waals surface area contributed by atoms with Gasteiger partial charge < -0.3 is 19.6 Å². The molecule has 3 aromatic rings. The van der Waals surface area contributed by atoms with E-state index in [9.17, 15) is 9.59 Å². The van der Waals surface area contributed by atoms with Gasteiger partial charge in [-0.25, -0.2) is 4.98 Å². The highest BCUT2D eigenvalue weighted by atomic mass is 32.2. The van der Waals surface area contributed by atoms with Crippen LogP contribution in [0.15, 0.2) is 64.1 Å². The molecule has 206 valence electrons. The first-order valence-corrected chi connectivity index (χ1v) is 15.0. The third kappa shape index (κ3) is 6.73. The summed E-state index contributed by atoms with van der Waals surface area (Å²) in [6.45, 7) is 0.594. The maximum atomic E-state index is 12.8. The van der Waals surface area contributed by atoms with Gasteiger partial charge in [0, 0.05) is 23.8 Å². The first-order chi connectivity index (χ1) is 19.0. The van der Waals surface area contributed by atoms with Crippen LogP contribution in [-0.4, -0.2) is 47.0 Å². The van der Waals surface area contributed by atoms with Crippen molar-refractivity contribution in [1.82, 2.24) is 10.3 Å². The van der Waals surface area contributed by atoms with Gasteiger partial charge in [-0.15, -0.1) is 11.8 Å². The standard InChI is InChI=1S/C31H36N2O5S/c1-39-23-12-9-20(10-13-23)6-4-5-17-32-30(36)25-19-37-31(33-25)29-24(26-14-15-27(29)38-26)18-22-8-3-2-7-21(22)11-16-28(34)35/h2-3,7-10,12-13,19,24,26-27,29H,4-6,11,14-18H2,1H3,(H,32,36)(H,34,35)/t24-,26-,27+,29-/m0/s1. The van der Waals surface area contributed by atoms with Crippen LogP contribution in [0.1, 0.15) is 71.1 Å². The van der Waals surface area contributed by atoms with Crippen LogP contribution in [0.4, 0.5) is 0 Å². The van der Waals surface area contributed by atoms with E-state index < -0.39 is 5.97 Å². The molecule has 0 aliphatic carbocycles. The number of hydrogen-bond donors (Lipinski definition) is 2. The van der Waals surface area contributed by atoms with E-state index in [4.69, 9.17) is 14.3 Å². The van der Waals surface area contributed by atoms with Crippen LogP contribution >= 0.6 is 11.8 Å². The summed E-state index contributed by atoms with van der Waals surface area (Å²) in [5.41, 5.74) is 3.83. The number of carboxylic acid groups (broad SMARTS) is 1. The number of hydrogen-bond acceptors (Lipinski definition) is 6. The third-order valence-corrected chi connectivity index (χ3v) is 8.73. The van der Waals surface area contributed by atoms with E-state index in [1.54, 1.807) is 11.8 Å². The Bertz CT molecular complexity index is 1270. The van der Waals surface area contributed by atoms with Crippen molar-refractivity contribution in [3.8, 4) is 0 Å². The molecule has 1 aromatic heterocycles. The Balaban J connectivity index is 1.16. The maximum absolute atomic E-state index is 12.8. The van der Waals surface area contributed by atoms with Crippen LogP contribution < -0.4 is 5.32 Å². The zero-order chi connectivity index (χ0) is 27.2. The molecular formula is C31H36N2O5S. The van der Waals surface area contributed by atoms with Gasteiger partial charge in [0.05, 0.1) is 18.1 Å². The summed E-state index contributed by atoms with van der Waals surface area (Å²) in [5, 5.41) is 12.1. The molecule has 0 saturated carbocycles. The number of ether oxygens (including phenoxy) is 1. The zero-order valence-electron chi connectivity index (χ0n) is 22.3. The summed E-state index contributed by atoms with van der Waals surface area (Å²) in [6, 6.07) is 16.7. The number of rotatable bonds is 13. The molecule has 4 atom stereocenters. The number of carbonyl (C=O) groups excluding carboxylic acids is 1. The molecule has 2 aromatic carbocycles. The molecule has 2 bridgehead atoms. The minimum atomic E-state index is -0.794. The fourth-order valence-electron chi connectivity index (χ4n) is 5.96. The van der Waals surface area contributed by atoms with Gasteiger partial charge in [0.15, 0.2) is 5.69 Å². The van der Waals surface area contributed by atoms with E-state index in [1.807, 2.05) is 18.2 Å². The number of nitrogens with one attached hydrogen (secondary N) is 1. The van der Waals surface area contributed by atoms with Crippen molar-refractivity contribution in [3.63, 3.8) is 0 Å². The van der Waals surface area contributed by atoms with E-state index in [0.29, 0.717) is 24.6 Å². The molecule has 7 nitrogen and oxygen atoms in total. The number of amides is 1. The second kappa shape index (κ2) is 12.8. The highest BCUT2D eigenvalue weighted by Crippen LogP contribution is 2.50. The van der Waals surface area contributed by atoms with Gasteiger partial charge in [-0.3, -0.25) is 9.59 Å². The Morgan fingerprint density at radius 2 is 1.79 bits per heavy atom. The number of oxazole rings is 1. The van der Waals surface area contributed by atoms with Crippen molar-refractivity contribution < 1.29 is 23.8 Å². The smallest absolute Gasteiger partial charge is 0.303 e. The number of aromatic nitrogens is 1. The molecule has 2 fully saturated rings. The van der Waals surface area contributed by atoms with Crippen molar-refractivity contribution in [1.29, 1.82) is 0 Å². The van der Waals surface area contributed by atoms with Gasteiger partial charge in [0.25, 0.3) is 5.91 Å². The lowest BCUT2D eigenvalue weighted by molar-refractivity contribution is -0.136. The normalized spacial score (nSPS) is 21.8. The number of aryl methyl sites for hydroxylation is 2. The molecular weight excluding hydrogens is 512 g/mol. The van der Waals surface area contributed by atoms with E-state index >= 15 is 0 Å². The second-order valence-corrected chi connectivity index (χ2v) is 11.4. The summed E-state index contributed by atoms with van der Waals surface area (Å²) < 4.78 is 12.1.